The molecule has 18 heavy (non-hydrogen) atoms. The van der Waals surface area contributed by atoms with Gasteiger partial charge in [0, 0.05) is 10.2 Å². The second-order valence-corrected chi connectivity index (χ2v) is 4.72. The molecule has 0 saturated carbocycles. The van der Waals surface area contributed by atoms with E-state index in [1.807, 2.05) is 12.1 Å². The van der Waals surface area contributed by atoms with E-state index in [1.54, 1.807) is 24.1 Å². The molecule has 98 valence electrons. The lowest BCUT2D eigenvalue weighted by atomic mass is 10.3. The smallest absolute Gasteiger partial charge is 0.319 e. The SMILES string of the molecule is COC(=O)CN(C)CC(=O)Nc1cccc(Br)c1. The summed E-state index contributed by atoms with van der Waals surface area (Å²) in [6.07, 6.45) is 0. The molecule has 0 bridgehead atoms. The van der Waals surface area contributed by atoms with Crippen LogP contribution < -0.4 is 5.32 Å². The first kappa shape index (κ1) is 14.7. The lowest BCUT2D eigenvalue weighted by molar-refractivity contribution is -0.141. The highest BCUT2D eigenvalue weighted by atomic mass is 79.9. The number of hydrogen-bond donors (Lipinski definition) is 1. The van der Waals surface area contributed by atoms with Crippen molar-refractivity contribution in [2.24, 2.45) is 0 Å². The Labute approximate surface area is 114 Å². The van der Waals surface area contributed by atoms with Crippen molar-refractivity contribution >= 4 is 33.5 Å². The quantitative estimate of drug-likeness (QED) is 0.837. The molecule has 1 rings (SSSR count). The lowest BCUT2D eigenvalue weighted by Gasteiger charge is -2.14. The van der Waals surface area contributed by atoms with Crippen LogP contribution in [0.25, 0.3) is 0 Å². The van der Waals surface area contributed by atoms with E-state index in [0.717, 1.165) is 4.47 Å². The van der Waals surface area contributed by atoms with Gasteiger partial charge in [0.05, 0.1) is 20.2 Å². The number of methoxy groups -OCH3 is 1. The average molecular weight is 315 g/mol. The van der Waals surface area contributed by atoms with Crippen molar-refractivity contribution in [1.82, 2.24) is 4.90 Å². The highest BCUT2D eigenvalue weighted by molar-refractivity contribution is 9.10. The zero-order valence-corrected chi connectivity index (χ0v) is 11.9. The number of nitrogens with zero attached hydrogens (tertiary/aromatic N) is 1. The van der Waals surface area contributed by atoms with Crippen molar-refractivity contribution in [3.8, 4) is 0 Å². The predicted molar refractivity (Wildman–Crippen MR) is 72.3 cm³/mol. The maximum absolute atomic E-state index is 11.7. The Morgan fingerprint density at radius 1 is 1.39 bits per heavy atom. The number of rotatable bonds is 5. The third-order valence-electron chi connectivity index (χ3n) is 2.15. The third kappa shape index (κ3) is 5.29. The molecule has 0 aliphatic carbocycles. The number of nitrogens with one attached hydrogen (secondary N) is 1. The molecule has 0 aromatic heterocycles. The summed E-state index contributed by atoms with van der Waals surface area (Å²) in [6, 6.07) is 7.30. The maximum Gasteiger partial charge on any atom is 0.319 e. The molecule has 6 heteroatoms. The van der Waals surface area contributed by atoms with Crippen LogP contribution in [-0.4, -0.2) is 44.0 Å². The Bertz CT molecular complexity index is 437. The van der Waals surface area contributed by atoms with E-state index in [2.05, 4.69) is 26.0 Å². The molecule has 0 saturated heterocycles. The summed E-state index contributed by atoms with van der Waals surface area (Å²) >= 11 is 3.32. The molecule has 0 unspecified atom stereocenters. The fourth-order valence-corrected chi connectivity index (χ4v) is 1.75. The molecule has 0 heterocycles. The monoisotopic (exact) mass is 314 g/mol. The molecule has 0 aliphatic rings. The molecule has 5 nitrogen and oxygen atoms in total. The van der Waals surface area contributed by atoms with Crippen LogP contribution in [0.3, 0.4) is 0 Å². The van der Waals surface area contributed by atoms with E-state index < -0.39 is 0 Å². The fourth-order valence-electron chi connectivity index (χ4n) is 1.35. The molecular formula is C12H15BrN2O3. The first-order valence-electron chi connectivity index (χ1n) is 5.32. The van der Waals surface area contributed by atoms with Gasteiger partial charge in [-0.05, 0) is 25.2 Å². The van der Waals surface area contributed by atoms with Gasteiger partial charge < -0.3 is 10.1 Å². The number of anilines is 1. The van der Waals surface area contributed by atoms with E-state index in [0.29, 0.717) is 5.69 Å². The van der Waals surface area contributed by atoms with Crippen molar-refractivity contribution in [2.75, 3.05) is 32.6 Å². The van der Waals surface area contributed by atoms with Crippen molar-refractivity contribution in [3.05, 3.63) is 28.7 Å². The number of carbonyl (C=O) groups is 2. The molecule has 1 aromatic carbocycles. The molecule has 0 atom stereocenters. The van der Waals surface area contributed by atoms with E-state index >= 15 is 0 Å². The van der Waals surface area contributed by atoms with Crippen LogP contribution >= 0.6 is 15.9 Å². The summed E-state index contributed by atoms with van der Waals surface area (Å²) in [5, 5.41) is 2.74. The fraction of sp³-hybridized carbons (Fsp3) is 0.333. The standard InChI is InChI=1S/C12H15BrN2O3/c1-15(8-12(17)18-2)7-11(16)14-10-5-3-4-9(13)6-10/h3-6H,7-8H2,1-2H3,(H,14,16). The summed E-state index contributed by atoms with van der Waals surface area (Å²) < 4.78 is 5.41. The van der Waals surface area contributed by atoms with Gasteiger partial charge in [-0.3, -0.25) is 14.5 Å². The van der Waals surface area contributed by atoms with Crippen molar-refractivity contribution in [3.63, 3.8) is 0 Å². The van der Waals surface area contributed by atoms with Crippen LogP contribution in [0.1, 0.15) is 0 Å². The Balaban J connectivity index is 2.44. The van der Waals surface area contributed by atoms with Gasteiger partial charge in [-0.1, -0.05) is 22.0 Å². The molecule has 0 spiro atoms. The molecule has 0 radical (unpaired) electrons. The molecule has 1 amide bonds. The predicted octanol–water partition coefficient (Wildman–Crippen LogP) is 1.49. The Morgan fingerprint density at radius 3 is 2.72 bits per heavy atom. The third-order valence-corrected chi connectivity index (χ3v) is 2.64. The maximum atomic E-state index is 11.7. The minimum Gasteiger partial charge on any atom is -0.468 e. The van der Waals surface area contributed by atoms with Gasteiger partial charge in [0.25, 0.3) is 0 Å². The van der Waals surface area contributed by atoms with Crippen LogP contribution in [0.2, 0.25) is 0 Å². The second-order valence-electron chi connectivity index (χ2n) is 3.81. The normalized spacial score (nSPS) is 10.2. The van der Waals surface area contributed by atoms with E-state index in [-0.39, 0.29) is 25.0 Å². The van der Waals surface area contributed by atoms with Crippen molar-refractivity contribution in [2.45, 2.75) is 0 Å². The zero-order valence-electron chi connectivity index (χ0n) is 10.3. The van der Waals surface area contributed by atoms with Crippen LogP contribution in [0.15, 0.2) is 28.7 Å². The molecule has 0 fully saturated rings. The van der Waals surface area contributed by atoms with Gasteiger partial charge in [-0.15, -0.1) is 0 Å². The van der Waals surface area contributed by atoms with Crippen LogP contribution in [-0.2, 0) is 14.3 Å². The molecular weight excluding hydrogens is 300 g/mol. The number of hydrogen-bond acceptors (Lipinski definition) is 4. The summed E-state index contributed by atoms with van der Waals surface area (Å²) in [6.45, 7) is 0.212. The molecule has 1 aromatic rings. The van der Waals surface area contributed by atoms with Gasteiger partial charge in [0.15, 0.2) is 0 Å². The van der Waals surface area contributed by atoms with E-state index in [1.165, 1.54) is 7.11 Å². The Morgan fingerprint density at radius 2 is 2.11 bits per heavy atom. The minimum atomic E-state index is -0.368. The molecule has 0 aliphatic heterocycles. The number of halogens is 1. The summed E-state index contributed by atoms with van der Waals surface area (Å²) in [4.78, 5) is 24.3. The largest absolute Gasteiger partial charge is 0.468 e. The average Bonchev–Trinajstić information content (AvgIpc) is 2.28. The topological polar surface area (TPSA) is 58.6 Å². The van der Waals surface area contributed by atoms with Gasteiger partial charge in [-0.25, -0.2) is 0 Å². The van der Waals surface area contributed by atoms with Crippen LogP contribution in [0.4, 0.5) is 5.69 Å². The summed E-state index contributed by atoms with van der Waals surface area (Å²) in [5.74, 6) is -0.549. The van der Waals surface area contributed by atoms with Gasteiger partial charge in [-0.2, -0.15) is 0 Å². The number of likely N-dealkylation sites (N-methyl/N-ethyl adjacent to an activating group) is 1. The Hall–Kier alpha value is -1.40. The highest BCUT2D eigenvalue weighted by Gasteiger charge is 2.10. The number of esters is 1. The Kier molecular flexibility index (Phi) is 5.80. The van der Waals surface area contributed by atoms with Gasteiger partial charge in [0.2, 0.25) is 5.91 Å². The van der Waals surface area contributed by atoms with Crippen molar-refractivity contribution in [1.29, 1.82) is 0 Å². The second kappa shape index (κ2) is 7.13. The number of carbonyl (C=O) groups excluding carboxylic acids is 2. The summed E-state index contributed by atoms with van der Waals surface area (Å²) in [7, 11) is 3.00. The zero-order chi connectivity index (χ0) is 13.5. The van der Waals surface area contributed by atoms with Gasteiger partial charge in [0.1, 0.15) is 0 Å². The van der Waals surface area contributed by atoms with Crippen LogP contribution in [0, 0.1) is 0 Å². The van der Waals surface area contributed by atoms with E-state index in [9.17, 15) is 9.59 Å². The first-order chi connectivity index (χ1) is 8.51. The number of benzene rings is 1. The first-order valence-corrected chi connectivity index (χ1v) is 6.11. The number of ether oxygens (including phenoxy) is 1. The lowest BCUT2D eigenvalue weighted by Crippen LogP contribution is -2.34. The summed E-state index contributed by atoms with van der Waals surface area (Å²) in [5.41, 5.74) is 0.709. The van der Waals surface area contributed by atoms with Crippen LogP contribution in [0.5, 0.6) is 0 Å². The van der Waals surface area contributed by atoms with Crippen molar-refractivity contribution < 1.29 is 14.3 Å². The highest BCUT2D eigenvalue weighted by Crippen LogP contribution is 2.15. The number of amides is 1. The minimum absolute atomic E-state index is 0.0857. The van der Waals surface area contributed by atoms with E-state index in [4.69, 9.17) is 0 Å². The van der Waals surface area contributed by atoms with Gasteiger partial charge >= 0.3 is 5.97 Å². The molecule has 1 N–H and O–H groups in total.